The summed E-state index contributed by atoms with van der Waals surface area (Å²) < 4.78 is 24.9. The second-order valence-electron chi connectivity index (χ2n) is 9.40. The maximum Gasteiger partial charge on any atom is 0.252 e. The fraction of sp³-hybridized carbons (Fsp3) is 0.462. The third-order valence-corrected chi connectivity index (χ3v) is 7.67. The fourth-order valence-corrected chi connectivity index (χ4v) is 5.86. The molecule has 0 bridgehead atoms. The van der Waals surface area contributed by atoms with Gasteiger partial charge in [-0.3, -0.25) is 9.59 Å². The van der Waals surface area contributed by atoms with Crippen molar-refractivity contribution in [1.82, 2.24) is 10.2 Å². The molecule has 1 atom stereocenters. The van der Waals surface area contributed by atoms with Crippen LogP contribution < -0.4 is 14.8 Å². The van der Waals surface area contributed by atoms with Crippen molar-refractivity contribution in [3.63, 3.8) is 0 Å². The molecule has 2 heterocycles. The van der Waals surface area contributed by atoms with Crippen LogP contribution >= 0.6 is 11.6 Å². The molecule has 2 amide bonds. The Bertz CT molecular complexity index is 1130. The molecule has 0 aromatic heterocycles. The molecule has 1 spiro atoms. The van der Waals surface area contributed by atoms with E-state index in [1.807, 2.05) is 17.9 Å². The smallest absolute Gasteiger partial charge is 0.252 e. The number of ether oxygens (including phenoxy) is 2. The lowest BCUT2D eigenvalue weighted by Crippen LogP contribution is -2.49. The van der Waals surface area contributed by atoms with E-state index < -0.39 is 11.7 Å². The molecule has 0 radical (unpaired) electrons. The molecule has 5 rings (SSSR count). The van der Waals surface area contributed by atoms with E-state index in [-0.39, 0.29) is 40.9 Å². The number of rotatable bonds is 4. The van der Waals surface area contributed by atoms with Gasteiger partial charge >= 0.3 is 0 Å². The predicted octanol–water partition coefficient (Wildman–Crippen LogP) is 4.79. The number of halogens is 2. The van der Waals surface area contributed by atoms with E-state index in [1.54, 1.807) is 0 Å². The van der Waals surface area contributed by atoms with E-state index in [2.05, 4.69) is 11.4 Å². The summed E-state index contributed by atoms with van der Waals surface area (Å²) in [5.41, 5.74) is 2.52. The van der Waals surface area contributed by atoms with Gasteiger partial charge in [-0.05, 0) is 61.2 Å². The van der Waals surface area contributed by atoms with E-state index >= 15 is 0 Å². The number of fused-ring (bicyclic) bond motifs is 3. The van der Waals surface area contributed by atoms with Crippen molar-refractivity contribution in [3.05, 3.63) is 57.9 Å². The summed E-state index contributed by atoms with van der Waals surface area (Å²) in [5, 5.41) is 2.78. The minimum absolute atomic E-state index is 0.00943. The second kappa shape index (κ2) is 9.10. The Morgan fingerprint density at radius 2 is 1.85 bits per heavy atom. The highest BCUT2D eigenvalue weighted by molar-refractivity contribution is 6.33. The maximum atomic E-state index is 13.3. The number of hydrogen-bond acceptors (Lipinski definition) is 4. The topological polar surface area (TPSA) is 67.9 Å². The summed E-state index contributed by atoms with van der Waals surface area (Å²) in [4.78, 5) is 27.7. The van der Waals surface area contributed by atoms with Gasteiger partial charge in [-0.25, -0.2) is 4.39 Å². The minimum Gasteiger partial charge on any atom is -0.486 e. The molecule has 1 fully saturated rings. The van der Waals surface area contributed by atoms with Crippen LogP contribution in [0.25, 0.3) is 0 Å². The first-order valence-electron chi connectivity index (χ1n) is 11.8. The number of carbonyl (C=O) groups excluding carboxylic acids is 2. The van der Waals surface area contributed by atoms with Crippen LogP contribution in [0.3, 0.4) is 0 Å². The highest BCUT2D eigenvalue weighted by atomic mass is 35.5. The Kier molecular flexibility index (Phi) is 6.15. The lowest BCUT2D eigenvalue weighted by Gasteiger charge is -2.46. The monoisotopic (exact) mass is 486 g/mol. The van der Waals surface area contributed by atoms with Crippen molar-refractivity contribution < 1.29 is 23.5 Å². The Labute approximate surface area is 203 Å². The van der Waals surface area contributed by atoms with E-state index in [4.69, 9.17) is 21.1 Å². The molecular weight excluding hydrogens is 459 g/mol. The van der Waals surface area contributed by atoms with Crippen molar-refractivity contribution in [2.24, 2.45) is 0 Å². The van der Waals surface area contributed by atoms with Gasteiger partial charge in [0, 0.05) is 24.9 Å². The lowest BCUT2D eigenvalue weighted by atomic mass is 9.71. The van der Waals surface area contributed by atoms with Crippen LogP contribution in [0.5, 0.6) is 11.5 Å². The van der Waals surface area contributed by atoms with Crippen molar-refractivity contribution in [2.75, 3.05) is 26.3 Å². The van der Waals surface area contributed by atoms with Crippen LogP contribution in [0.1, 0.15) is 66.6 Å². The van der Waals surface area contributed by atoms with Crippen LogP contribution in [0.4, 0.5) is 4.39 Å². The number of nitrogens with zero attached hydrogens (tertiary/aromatic N) is 1. The van der Waals surface area contributed by atoms with Gasteiger partial charge in [0.15, 0.2) is 11.5 Å². The number of amides is 2. The molecule has 2 aromatic rings. The van der Waals surface area contributed by atoms with Gasteiger partial charge in [0.1, 0.15) is 19.0 Å². The maximum absolute atomic E-state index is 13.3. The third-order valence-electron chi connectivity index (χ3n) is 7.36. The molecule has 3 aliphatic rings. The van der Waals surface area contributed by atoms with Crippen LogP contribution in [-0.4, -0.2) is 43.0 Å². The Morgan fingerprint density at radius 1 is 1.15 bits per heavy atom. The van der Waals surface area contributed by atoms with Gasteiger partial charge in [0.25, 0.3) is 5.91 Å². The molecule has 8 heteroatoms. The van der Waals surface area contributed by atoms with Crippen LogP contribution in [0, 0.1) is 5.82 Å². The minimum atomic E-state index is -0.504. The molecule has 2 aromatic carbocycles. The van der Waals surface area contributed by atoms with Crippen LogP contribution in [0.15, 0.2) is 30.3 Å². The molecule has 1 unspecified atom stereocenters. The summed E-state index contributed by atoms with van der Waals surface area (Å²) in [7, 11) is 0. The molecular formula is C26H28ClFN2O4. The van der Waals surface area contributed by atoms with Gasteiger partial charge in [-0.2, -0.15) is 0 Å². The predicted molar refractivity (Wildman–Crippen MR) is 126 cm³/mol. The molecule has 1 N–H and O–H groups in total. The van der Waals surface area contributed by atoms with Crippen LogP contribution in [-0.2, 0) is 10.2 Å². The Hall–Kier alpha value is -2.80. The summed E-state index contributed by atoms with van der Waals surface area (Å²) in [6.07, 6.45) is 4.52. The summed E-state index contributed by atoms with van der Waals surface area (Å²) >= 11 is 5.98. The molecule has 180 valence electrons. The highest BCUT2D eigenvalue weighted by Crippen LogP contribution is 2.52. The normalized spacial score (nSPS) is 20.2. The molecule has 1 aliphatic carbocycles. The largest absolute Gasteiger partial charge is 0.486 e. The first-order chi connectivity index (χ1) is 16.4. The zero-order chi connectivity index (χ0) is 23.9. The summed E-state index contributed by atoms with van der Waals surface area (Å²) in [6.45, 7) is 3.96. The van der Waals surface area contributed by atoms with Gasteiger partial charge in [0.05, 0.1) is 16.6 Å². The number of benzene rings is 2. The van der Waals surface area contributed by atoms with E-state index in [0.717, 1.165) is 48.8 Å². The van der Waals surface area contributed by atoms with Gasteiger partial charge < -0.3 is 19.7 Å². The van der Waals surface area contributed by atoms with Crippen molar-refractivity contribution in [3.8, 4) is 11.5 Å². The highest BCUT2D eigenvalue weighted by Gasteiger charge is 2.46. The molecule has 1 saturated carbocycles. The number of nitrogens with one attached hydrogen (secondary N) is 1. The van der Waals surface area contributed by atoms with Crippen LogP contribution in [0.2, 0.25) is 5.02 Å². The summed E-state index contributed by atoms with van der Waals surface area (Å²) in [6, 6.07) is 7.71. The van der Waals surface area contributed by atoms with Gasteiger partial charge in [-0.1, -0.05) is 24.4 Å². The number of carbonyl (C=O) groups is 2. The Morgan fingerprint density at radius 3 is 2.56 bits per heavy atom. The average Bonchev–Trinajstić information content (AvgIpc) is 3.29. The second-order valence-corrected chi connectivity index (χ2v) is 9.81. The first-order valence-corrected chi connectivity index (χ1v) is 12.2. The molecule has 0 saturated heterocycles. The van der Waals surface area contributed by atoms with Gasteiger partial charge in [-0.15, -0.1) is 0 Å². The van der Waals surface area contributed by atoms with Crippen molar-refractivity contribution >= 4 is 23.4 Å². The van der Waals surface area contributed by atoms with E-state index in [1.165, 1.54) is 17.7 Å². The van der Waals surface area contributed by atoms with Crippen molar-refractivity contribution in [1.29, 1.82) is 0 Å². The molecule has 2 aliphatic heterocycles. The average molecular weight is 487 g/mol. The zero-order valence-electron chi connectivity index (χ0n) is 19.2. The quantitative estimate of drug-likeness (QED) is 0.675. The standard InChI is InChI=1S/C26H28ClFN2O4/c1-16-19-13-22-23(34-11-10-33-22)14-20(19)26(7-2-3-8-26)15-30(16)24(31)6-9-29-25(32)18-5-4-17(28)12-21(18)27/h4-5,12-14,16H,2-3,6-11,15H2,1H3,(H,29,32). The molecule has 34 heavy (non-hydrogen) atoms. The SMILES string of the molecule is CC1c2cc3c(cc2C2(CCCC2)CN1C(=O)CCNC(=O)c1ccc(F)cc1Cl)OCCO3. The fourth-order valence-electron chi connectivity index (χ4n) is 5.60. The third kappa shape index (κ3) is 4.11. The van der Waals surface area contributed by atoms with Gasteiger partial charge in [0.2, 0.25) is 5.91 Å². The zero-order valence-corrected chi connectivity index (χ0v) is 19.9. The first kappa shape index (κ1) is 23.0. The number of hydrogen-bond donors (Lipinski definition) is 1. The lowest BCUT2D eigenvalue weighted by molar-refractivity contribution is -0.135. The summed E-state index contributed by atoms with van der Waals surface area (Å²) in [5.74, 6) is 0.596. The van der Waals surface area contributed by atoms with E-state index in [0.29, 0.717) is 19.8 Å². The van der Waals surface area contributed by atoms with Crippen molar-refractivity contribution in [2.45, 2.75) is 50.5 Å². The van der Waals surface area contributed by atoms with E-state index in [9.17, 15) is 14.0 Å². The Balaban J connectivity index is 1.32. The molecule has 6 nitrogen and oxygen atoms in total.